The SMILES string of the molecule is CS(=O)(=O)Nc1ccc(NC(=O)C2CNC2)cc1Cl. The van der Waals surface area contributed by atoms with Crippen molar-refractivity contribution in [2.45, 2.75) is 0 Å². The quantitative estimate of drug-likeness (QED) is 0.770. The van der Waals surface area contributed by atoms with Gasteiger partial charge in [-0.1, -0.05) is 11.6 Å². The average Bonchev–Trinajstić information content (AvgIpc) is 2.17. The fraction of sp³-hybridized carbons (Fsp3) is 0.364. The van der Waals surface area contributed by atoms with Crippen molar-refractivity contribution in [1.29, 1.82) is 0 Å². The number of sulfonamides is 1. The lowest BCUT2D eigenvalue weighted by Gasteiger charge is -2.25. The molecular formula is C11H14ClN3O3S. The standard InChI is InChI=1S/C11H14ClN3O3S/c1-19(17,18)15-10-3-2-8(4-9(10)12)14-11(16)7-5-13-6-7/h2-4,7,13,15H,5-6H2,1H3,(H,14,16). The number of benzene rings is 1. The first kappa shape index (κ1) is 14.1. The molecule has 3 N–H and O–H groups in total. The van der Waals surface area contributed by atoms with Crippen LogP contribution in [0.2, 0.25) is 5.02 Å². The predicted octanol–water partition coefficient (Wildman–Crippen LogP) is 0.869. The summed E-state index contributed by atoms with van der Waals surface area (Å²) >= 11 is 5.96. The number of anilines is 2. The van der Waals surface area contributed by atoms with Crippen LogP contribution in [0.15, 0.2) is 18.2 Å². The molecule has 1 aliphatic rings. The molecule has 2 rings (SSSR count). The van der Waals surface area contributed by atoms with E-state index in [-0.39, 0.29) is 22.5 Å². The molecule has 1 aliphatic heterocycles. The fourth-order valence-corrected chi connectivity index (χ4v) is 2.46. The Kier molecular flexibility index (Phi) is 3.98. The third-order valence-electron chi connectivity index (χ3n) is 2.68. The molecule has 1 fully saturated rings. The molecule has 0 atom stereocenters. The number of rotatable bonds is 4. The molecule has 0 saturated carbocycles. The molecule has 0 radical (unpaired) electrons. The summed E-state index contributed by atoms with van der Waals surface area (Å²) in [6.45, 7) is 1.35. The van der Waals surface area contributed by atoms with Crippen LogP contribution >= 0.6 is 11.6 Å². The number of hydrogen-bond acceptors (Lipinski definition) is 4. The number of halogens is 1. The molecule has 1 saturated heterocycles. The van der Waals surface area contributed by atoms with E-state index in [1.54, 1.807) is 6.07 Å². The highest BCUT2D eigenvalue weighted by Gasteiger charge is 2.24. The summed E-state index contributed by atoms with van der Waals surface area (Å²) in [6, 6.07) is 4.63. The molecule has 1 aromatic carbocycles. The summed E-state index contributed by atoms with van der Waals surface area (Å²) in [4.78, 5) is 11.7. The number of nitrogens with one attached hydrogen (secondary N) is 3. The zero-order valence-electron chi connectivity index (χ0n) is 10.2. The van der Waals surface area contributed by atoms with Crippen LogP contribution in [0.1, 0.15) is 0 Å². The van der Waals surface area contributed by atoms with Crippen LogP contribution in [0, 0.1) is 5.92 Å². The Morgan fingerprint density at radius 1 is 1.42 bits per heavy atom. The third-order valence-corrected chi connectivity index (χ3v) is 3.59. The molecule has 0 unspecified atom stereocenters. The molecule has 1 amide bonds. The average molecular weight is 304 g/mol. The van der Waals surface area contributed by atoms with E-state index < -0.39 is 10.0 Å². The normalized spacial score (nSPS) is 15.7. The maximum Gasteiger partial charge on any atom is 0.230 e. The smallest absolute Gasteiger partial charge is 0.230 e. The lowest BCUT2D eigenvalue weighted by molar-refractivity contribution is -0.121. The van der Waals surface area contributed by atoms with Gasteiger partial charge in [-0.2, -0.15) is 0 Å². The molecule has 6 nitrogen and oxygen atoms in total. The molecule has 0 bridgehead atoms. The minimum Gasteiger partial charge on any atom is -0.326 e. The maximum atomic E-state index is 11.7. The van der Waals surface area contributed by atoms with Gasteiger partial charge in [0.25, 0.3) is 0 Å². The van der Waals surface area contributed by atoms with E-state index in [0.717, 1.165) is 6.26 Å². The summed E-state index contributed by atoms with van der Waals surface area (Å²) in [5.74, 6) is -0.0914. The zero-order chi connectivity index (χ0) is 14.0. The summed E-state index contributed by atoms with van der Waals surface area (Å²) in [5, 5.41) is 5.98. The van der Waals surface area contributed by atoms with Crippen LogP contribution in [0.5, 0.6) is 0 Å². The van der Waals surface area contributed by atoms with Gasteiger partial charge in [-0.25, -0.2) is 8.42 Å². The van der Waals surface area contributed by atoms with Crippen molar-refractivity contribution in [3.63, 3.8) is 0 Å². The van der Waals surface area contributed by atoms with Gasteiger partial charge in [0.15, 0.2) is 0 Å². The Hall–Kier alpha value is -1.31. The molecule has 1 heterocycles. The molecule has 19 heavy (non-hydrogen) atoms. The lowest BCUT2D eigenvalue weighted by Crippen LogP contribution is -2.48. The van der Waals surface area contributed by atoms with Crippen molar-refractivity contribution in [2.24, 2.45) is 5.92 Å². The van der Waals surface area contributed by atoms with Gasteiger partial charge in [-0.15, -0.1) is 0 Å². The van der Waals surface area contributed by atoms with Gasteiger partial charge in [0.2, 0.25) is 15.9 Å². The number of hydrogen-bond donors (Lipinski definition) is 3. The van der Waals surface area contributed by atoms with Gasteiger partial charge < -0.3 is 10.6 Å². The maximum absolute atomic E-state index is 11.7. The Bertz CT molecular complexity index is 599. The second kappa shape index (κ2) is 5.36. The van der Waals surface area contributed by atoms with Crippen LogP contribution in [0.4, 0.5) is 11.4 Å². The molecule has 0 aliphatic carbocycles. The van der Waals surface area contributed by atoms with E-state index in [1.165, 1.54) is 12.1 Å². The lowest BCUT2D eigenvalue weighted by atomic mass is 10.0. The highest BCUT2D eigenvalue weighted by atomic mass is 35.5. The van der Waals surface area contributed by atoms with Gasteiger partial charge in [0, 0.05) is 18.8 Å². The van der Waals surface area contributed by atoms with E-state index in [2.05, 4.69) is 15.4 Å². The Morgan fingerprint density at radius 2 is 2.11 bits per heavy atom. The fourth-order valence-electron chi connectivity index (χ4n) is 1.59. The van der Waals surface area contributed by atoms with Crippen molar-refractivity contribution in [2.75, 3.05) is 29.4 Å². The summed E-state index contributed by atoms with van der Waals surface area (Å²) in [5.41, 5.74) is 0.827. The largest absolute Gasteiger partial charge is 0.326 e. The van der Waals surface area contributed by atoms with Crippen molar-refractivity contribution in [3.05, 3.63) is 23.2 Å². The molecule has 104 valence electrons. The molecule has 1 aromatic rings. The first-order valence-corrected chi connectivity index (χ1v) is 7.91. The predicted molar refractivity (Wildman–Crippen MR) is 74.9 cm³/mol. The van der Waals surface area contributed by atoms with E-state index in [1.807, 2.05) is 0 Å². The van der Waals surface area contributed by atoms with Crippen LogP contribution in [0.3, 0.4) is 0 Å². The Labute approximate surface area is 116 Å². The molecule has 0 aromatic heterocycles. The van der Waals surface area contributed by atoms with E-state index in [4.69, 9.17) is 11.6 Å². The first-order chi connectivity index (χ1) is 8.85. The van der Waals surface area contributed by atoms with Gasteiger partial charge in [-0.05, 0) is 18.2 Å². The van der Waals surface area contributed by atoms with E-state index in [0.29, 0.717) is 18.8 Å². The topological polar surface area (TPSA) is 87.3 Å². The van der Waals surface area contributed by atoms with Crippen LogP contribution in [-0.2, 0) is 14.8 Å². The van der Waals surface area contributed by atoms with Crippen LogP contribution in [0.25, 0.3) is 0 Å². The van der Waals surface area contributed by atoms with Crippen LogP contribution in [-0.4, -0.2) is 33.7 Å². The first-order valence-electron chi connectivity index (χ1n) is 5.64. The van der Waals surface area contributed by atoms with Crippen molar-refractivity contribution in [1.82, 2.24) is 5.32 Å². The highest BCUT2D eigenvalue weighted by Crippen LogP contribution is 2.26. The van der Waals surface area contributed by atoms with E-state index >= 15 is 0 Å². The zero-order valence-corrected chi connectivity index (χ0v) is 11.8. The van der Waals surface area contributed by atoms with Crippen molar-refractivity contribution < 1.29 is 13.2 Å². The summed E-state index contributed by atoms with van der Waals surface area (Å²) < 4.78 is 24.5. The van der Waals surface area contributed by atoms with E-state index in [9.17, 15) is 13.2 Å². The molecule has 8 heteroatoms. The highest BCUT2D eigenvalue weighted by molar-refractivity contribution is 7.92. The van der Waals surface area contributed by atoms with Crippen LogP contribution < -0.4 is 15.4 Å². The second-order valence-electron chi connectivity index (χ2n) is 4.41. The van der Waals surface area contributed by atoms with Gasteiger partial charge in [0.1, 0.15) is 0 Å². The van der Waals surface area contributed by atoms with Crippen molar-refractivity contribution >= 4 is 38.9 Å². The van der Waals surface area contributed by atoms with Gasteiger partial charge >= 0.3 is 0 Å². The number of carbonyl (C=O) groups excluding carboxylic acids is 1. The number of amides is 1. The minimum atomic E-state index is -3.37. The van der Waals surface area contributed by atoms with Crippen molar-refractivity contribution in [3.8, 4) is 0 Å². The Morgan fingerprint density at radius 3 is 2.58 bits per heavy atom. The van der Waals surface area contributed by atoms with Gasteiger partial charge in [0.05, 0.1) is 22.9 Å². The molecular weight excluding hydrogens is 290 g/mol. The second-order valence-corrected chi connectivity index (χ2v) is 6.57. The molecule has 0 spiro atoms. The third kappa shape index (κ3) is 3.82. The monoisotopic (exact) mass is 303 g/mol. The Balaban J connectivity index is 2.07. The minimum absolute atomic E-state index is 0.0207. The number of carbonyl (C=O) groups is 1. The summed E-state index contributed by atoms with van der Waals surface area (Å²) in [6.07, 6.45) is 1.04. The van der Waals surface area contributed by atoms with Gasteiger partial charge in [-0.3, -0.25) is 9.52 Å². The summed E-state index contributed by atoms with van der Waals surface area (Å²) in [7, 11) is -3.37.